The molecule has 3 aromatic carbocycles. The van der Waals surface area contributed by atoms with Gasteiger partial charge in [0.2, 0.25) is 5.88 Å². The number of halogens is 6. The van der Waals surface area contributed by atoms with Crippen molar-refractivity contribution in [2.24, 2.45) is 7.05 Å². The lowest BCUT2D eigenvalue weighted by Crippen LogP contribution is -2.48. The van der Waals surface area contributed by atoms with Gasteiger partial charge in [-0.25, -0.2) is 13.4 Å². The van der Waals surface area contributed by atoms with E-state index in [1.165, 1.54) is 30.5 Å². The van der Waals surface area contributed by atoms with Crippen LogP contribution in [0.4, 0.5) is 32.0 Å². The molecule has 0 bridgehead atoms. The third kappa shape index (κ3) is 8.77. The Morgan fingerprint density at radius 2 is 1.52 bits per heavy atom. The summed E-state index contributed by atoms with van der Waals surface area (Å²) in [7, 11) is -2.41. The van der Waals surface area contributed by atoms with Gasteiger partial charge < -0.3 is 18.9 Å². The molecule has 274 valence electrons. The fraction of sp³-hybridized carbons (Fsp3) is 0.257. The van der Waals surface area contributed by atoms with E-state index in [1.54, 1.807) is 52.9 Å². The minimum absolute atomic E-state index is 0.0706. The van der Waals surface area contributed by atoms with Gasteiger partial charge in [-0.3, -0.25) is 14.4 Å². The number of hydrogen-bond acceptors (Lipinski definition) is 7. The number of hydrogen-bond donors (Lipinski definition) is 1. The third-order valence-electron chi connectivity index (χ3n) is 8.33. The topological polar surface area (TPSA) is 106 Å². The van der Waals surface area contributed by atoms with Gasteiger partial charge in [-0.1, -0.05) is 12.1 Å². The molecule has 2 aromatic heterocycles. The molecule has 0 aliphatic carbocycles. The van der Waals surface area contributed by atoms with Gasteiger partial charge in [-0.15, -0.1) is 0 Å². The Kier molecular flexibility index (Phi) is 10.1. The molecule has 1 saturated heterocycles. The number of fused-ring (bicyclic) bond motifs is 1. The number of aromatic nitrogens is 2. The van der Waals surface area contributed by atoms with Gasteiger partial charge in [0.05, 0.1) is 27.9 Å². The van der Waals surface area contributed by atoms with Crippen LogP contribution in [0.15, 0.2) is 96.0 Å². The van der Waals surface area contributed by atoms with Gasteiger partial charge in [0.15, 0.2) is 6.61 Å². The average molecular weight is 748 g/mol. The fourth-order valence-corrected chi connectivity index (χ4v) is 6.67. The van der Waals surface area contributed by atoms with Crippen molar-refractivity contribution in [3.8, 4) is 17.4 Å². The molecule has 1 aliphatic heterocycles. The molecule has 0 saturated carbocycles. The van der Waals surface area contributed by atoms with Gasteiger partial charge in [0, 0.05) is 57.3 Å². The molecular formula is C35H31F6N5O5S. The first-order valence-corrected chi connectivity index (χ1v) is 17.3. The normalized spacial score (nSPS) is 14.4. The first-order valence-electron chi connectivity index (χ1n) is 15.8. The van der Waals surface area contributed by atoms with Crippen LogP contribution in [0.5, 0.6) is 17.4 Å². The number of carbonyl (C=O) groups excluding carboxylic acids is 1. The van der Waals surface area contributed by atoms with Crippen LogP contribution in [0, 0.1) is 0 Å². The van der Waals surface area contributed by atoms with Crippen molar-refractivity contribution in [1.29, 1.82) is 0 Å². The van der Waals surface area contributed by atoms with Crippen LogP contribution in [-0.4, -0.2) is 72.6 Å². The summed E-state index contributed by atoms with van der Waals surface area (Å²) in [6.45, 7) is 1.44. The van der Waals surface area contributed by atoms with Crippen molar-refractivity contribution in [3.63, 3.8) is 0 Å². The zero-order valence-electron chi connectivity index (χ0n) is 27.4. The minimum atomic E-state index is -4.59. The summed E-state index contributed by atoms with van der Waals surface area (Å²) in [6, 6.07) is 19.4. The van der Waals surface area contributed by atoms with Crippen LogP contribution in [0.3, 0.4) is 0 Å². The summed E-state index contributed by atoms with van der Waals surface area (Å²) >= 11 is 0. The summed E-state index contributed by atoms with van der Waals surface area (Å²) in [5.41, 5.74) is 1.23. The number of rotatable bonds is 10. The number of sulfonamides is 1. The van der Waals surface area contributed by atoms with Crippen molar-refractivity contribution >= 4 is 32.5 Å². The molecule has 1 fully saturated rings. The molecule has 1 amide bonds. The molecular weight excluding hydrogens is 716 g/mol. The highest BCUT2D eigenvalue weighted by molar-refractivity contribution is 7.92. The molecule has 1 N–H and O–H groups in total. The summed E-state index contributed by atoms with van der Waals surface area (Å²) in [6.07, 6.45) is -7.79. The number of amides is 1. The van der Waals surface area contributed by atoms with E-state index in [1.807, 2.05) is 0 Å². The molecule has 6 rings (SSSR count). The van der Waals surface area contributed by atoms with Gasteiger partial charge in [-0.05, 0) is 66.2 Å². The summed E-state index contributed by atoms with van der Waals surface area (Å²) < 4.78 is 116. The lowest BCUT2D eigenvalue weighted by molar-refractivity contribution is -0.153. The van der Waals surface area contributed by atoms with E-state index in [0.717, 1.165) is 28.6 Å². The van der Waals surface area contributed by atoms with E-state index in [0.29, 0.717) is 56.3 Å². The van der Waals surface area contributed by atoms with Crippen LogP contribution in [-0.2, 0) is 29.8 Å². The average Bonchev–Trinajstić information content (AvgIpc) is 3.43. The monoisotopic (exact) mass is 747 g/mol. The SMILES string of the molecule is Cn1c(C(=O)N2CCN(Cc3ccc(OCC(F)(F)F)cc3)CC2)cc2ccc(Oc3ccc(NS(=O)(=O)c4ccc(C(F)(F)F)cc4)cn3)cc21. The Bertz CT molecular complexity index is 2150. The molecule has 17 heteroatoms. The number of aryl methyl sites for hydroxylation is 1. The van der Waals surface area contributed by atoms with E-state index in [9.17, 15) is 39.6 Å². The first-order chi connectivity index (χ1) is 24.5. The van der Waals surface area contributed by atoms with Crippen LogP contribution < -0.4 is 14.2 Å². The van der Waals surface area contributed by atoms with Crippen LogP contribution in [0.2, 0.25) is 0 Å². The smallest absolute Gasteiger partial charge is 0.422 e. The Morgan fingerprint density at radius 3 is 2.13 bits per heavy atom. The Hall–Kier alpha value is -5.29. The Balaban J connectivity index is 1.04. The molecule has 0 unspecified atom stereocenters. The molecule has 52 heavy (non-hydrogen) atoms. The minimum Gasteiger partial charge on any atom is -0.484 e. The second-order valence-corrected chi connectivity index (χ2v) is 13.7. The van der Waals surface area contributed by atoms with Crippen LogP contribution >= 0.6 is 0 Å². The predicted octanol–water partition coefficient (Wildman–Crippen LogP) is 7.08. The Morgan fingerprint density at radius 1 is 0.846 bits per heavy atom. The fourth-order valence-electron chi connectivity index (χ4n) is 5.62. The van der Waals surface area contributed by atoms with Gasteiger partial charge in [0.1, 0.15) is 17.2 Å². The van der Waals surface area contributed by atoms with Gasteiger partial charge in [-0.2, -0.15) is 26.3 Å². The largest absolute Gasteiger partial charge is 0.484 e. The maximum absolute atomic E-state index is 13.5. The number of alkyl halides is 6. The van der Waals surface area contributed by atoms with Crippen LogP contribution in [0.25, 0.3) is 10.9 Å². The van der Waals surface area contributed by atoms with E-state index >= 15 is 0 Å². The lowest BCUT2D eigenvalue weighted by Gasteiger charge is -2.34. The molecule has 0 atom stereocenters. The number of benzene rings is 3. The number of ether oxygens (including phenoxy) is 2. The predicted molar refractivity (Wildman–Crippen MR) is 179 cm³/mol. The molecule has 3 heterocycles. The molecule has 0 spiro atoms. The maximum atomic E-state index is 13.5. The number of nitrogens with one attached hydrogen (secondary N) is 1. The zero-order valence-corrected chi connectivity index (χ0v) is 28.2. The summed E-state index contributed by atoms with van der Waals surface area (Å²) in [4.78, 5) is 21.3. The molecule has 0 radical (unpaired) electrons. The van der Waals surface area contributed by atoms with E-state index < -0.39 is 34.5 Å². The standard InChI is InChI=1S/C35H31F6N5O5S/c1-44-30-19-28(51-32-13-7-26(20-42-32)43-52(48,49)29-11-5-25(6-12-29)35(39,40)41)10-4-24(30)18-31(44)33(47)46-16-14-45(15-17-46)21-23-2-8-27(9-3-23)50-22-34(36,37)38/h2-13,18-20,43H,14-17,21-22H2,1H3. The highest BCUT2D eigenvalue weighted by Crippen LogP contribution is 2.31. The lowest BCUT2D eigenvalue weighted by atomic mass is 10.2. The highest BCUT2D eigenvalue weighted by atomic mass is 32.2. The quantitative estimate of drug-likeness (QED) is 0.152. The summed E-state index contributed by atoms with van der Waals surface area (Å²) in [5, 5.41) is 0.806. The second kappa shape index (κ2) is 14.4. The van der Waals surface area contributed by atoms with E-state index in [-0.39, 0.29) is 28.1 Å². The van der Waals surface area contributed by atoms with Gasteiger partial charge >= 0.3 is 12.4 Å². The number of piperazine rings is 1. The number of pyridine rings is 1. The molecule has 5 aromatic rings. The first kappa shape index (κ1) is 36.5. The van der Waals surface area contributed by atoms with E-state index in [2.05, 4.69) is 14.6 Å². The molecule has 10 nitrogen and oxygen atoms in total. The van der Waals surface area contributed by atoms with Gasteiger partial charge in [0.25, 0.3) is 15.9 Å². The van der Waals surface area contributed by atoms with Crippen LogP contribution in [0.1, 0.15) is 21.6 Å². The third-order valence-corrected chi connectivity index (χ3v) is 9.73. The van der Waals surface area contributed by atoms with Crippen molar-refractivity contribution < 1.29 is 49.0 Å². The number of carbonyl (C=O) groups is 1. The number of anilines is 1. The second-order valence-electron chi connectivity index (χ2n) is 12.0. The zero-order chi connectivity index (χ0) is 37.3. The van der Waals surface area contributed by atoms with Crippen molar-refractivity contribution in [2.45, 2.75) is 23.8 Å². The number of nitrogens with zero attached hydrogens (tertiary/aromatic N) is 4. The van der Waals surface area contributed by atoms with Crippen molar-refractivity contribution in [2.75, 3.05) is 37.5 Å². The maximum Gasteiger partial charge on any atom is 0.422 e. The summed E-state index contributed by atoms with van der Waals surface area (Å²) in [5.74, 6) is 0.559. The molecule has 1 aliphatic rings. The van der Waals surface area contributed by atoms with E-state index in [4.69, 9.17) is 9.47 Å². The van der Waals surface area contributed by atoms with Crippen molar-refractivity contribution in [1.82, 2.24) is 19.4 Å². The Labute approximate surface area is 294 Å². The highest BCUT2D eigenvalue weighted by Gasteiger charge is 2.31. The van der Waals surface area contributed by atoms with Crippen molar-refractivity contribution in [3.05, 3.63) is 108 Å².